The van der Waals surface area contributed by atoms with Crippen LogP contribution in [-0.4, -0.2) is 28.2 Å². The van der Waals surface area contributed by atoms with Crippen molar-refractivity contribution < 1.29 is 17.4 Å². The molecular weight excluding hydrogens is 378 g/mol. The Morgan fingerprint density at radius 1 is 1.04 bits per heavy atom. The molecule has 1 N–H and O–H groups in total. The van der Waals surface area contributed by atoms with E-state index in [1.54, 1.807) is 0 Å². The van der Waals surface area contributed by atoms with Crippen molar-refractivity contribution in [3.8, 4) is 11.5 Å². The fraction of sp³-hybridized carbons (Fsp3) is 0.235. The van der Waals surface area contributed by atoms with Gasteiger partial charge >= 0.3 is 0 Å². The first kappa shape index (κ1) is 18.5. The second kappa shape index (κ2) is 7.14. The summed E-state index contributed by atoms with van der Waals surface area (Å²) in [4.78, 5) is 3.83. The highest BCUT2D eigenvalue weighted by atomic mass is 35.5. The lowest BCUT2D eigenvalue weighted by molar-refractivity contribution is 0.450. The normalized spacial score (nSPS) is 13.1. The third-order valence-electron chi connectivity index (χ3n) is 3.84. The molecule has 0 aliphatic heterocycles. The Morgan fingerprint density at radius 3 is 2.23 bits per heavy atom. The molecule has 3 rings (SSSR count). The van der Waals surface area contributed by atoms with Crippen molar-refractivity contribution >= 4 is 21.7 Å². The molecule has 0 amide bonds. The van der Waals surface area contributed by atoms with Crippen molar-refractivity contribution in [1.29, 1.82) is 0 Å². The van der Waals surface area contributed by atoms with E-state index in [9.17, 15) is 13.0 Å². The van der Waals surface area contributed by atoms with E-state index in [1.807, 2.05) is 24.3 Å². The van der Waals surface area contributed by atoms with Crippen molar-refractivity contribution in [3.05, 3.63) is 64.8 Å². The van der Waals surface area contributed by atoms with Crippen molar-refractivity contribution in [2.45, 2.75) is 25.0 Å². The highest BCUT2D eigenvalue weighted by Gasteiger charge is 2.33. The van der Waals surface area contributed by atoms with Crippen LogP contribution in [0.1, 0.15) is 42.0 Å². The van der Waals surface area contributed by atoms with Crippen LogP contribution in [0.3, 0.4) is 0 Å². The van der Waals surface area contributed by atoms with Crippen LogP contribution in [0.4, 0.5) is 0 Å². The number of hydrogen-bond acceptors (Lipinski definition) is 6. The molecular formula is C17H16ClN3O4S. The summed E-state index contributed by atoms with van der Waals surface area (Å²) < 4.78 is 38.8. The number of aromatic nitrogens is 3. The molecule has 0 radical (unpaired) electrons. The molecule has 1 aromatic carbocycles. The molecule has 0 saturated carbocycles. The topological polar surface area (TPSA) is 106 Å². The van der Waals surface area contributed by atoms with E-state index in [-0.39, 0.29) is 22.5 Å². The first-order valence-electron chi connectivity index (χ1n) is 7.77. The summed E-state index contributed by atoms with van der Waals surface area (Å²) in [7, 11) is -4.55. The highest BCUT2D eigenvalue weighted by Crippen LogP contribution is 2.31. The van der Waals surface area contributed by atoms with Crippen molar-refractivity contribution in [3.63, 3.8) is 0 Å². The molecule has 0 saturated heterocycles. The van der Waals surface area contributed by atoms with Crippen LogP contribution in [0, 0.1) is 0 Å². The summed E-state index contributed by atoms with van der Waals surface area (Å²) in [6.45, 7) is 4.16. The molecule has 0 fully saturated rings. The molecule has 0 aliphatic rings. The van der Waals surface area contributed by atoms with Gasteiger partial charge in [-0.2, -0.15) is 8.42 Å². The molecule has 7 nitrogen and oxygen atoms in total. The third kappa shape index (κ3) is 3.92. The molecule has 3 aromatic rings. The smallest absolute Gasteiger partial charge is 0.281 e. The monoisotopic (exact) mass is 393 g/mol. The standard InChI is InChI=1S/C17H16ClN3O4S/c1-10(2)11-3-5-12(6-4-11)16-20-21-17(25-16)15(26(22,23)24)13-7-8-14(18)19-9-13/h3-10,15H,1-2H3,(H,22,23,24). The lowest BCUT2D eigenvalue weighted by Gasteiger charge is -2.09. The van der Waals surface area contributed by atoms with E-state index < -0.39 is 15.4 Å². The zero-order valence-corrected chi connectivity index (χ0v) is 15.6. The van der Waals surface area contributed by atoms with E-state index >= 15 is 0 Å². The average Bonchev–Trinajstić information content (AvgIpc) is 3.05. The summed E-state index contributed by atoms with van der Waals surface area (Å²) in [5.74, 6) is 0.286. The maximum absolute atomic E-state index is 11.8. The largest absolute Gasteiger partial charge is 0.419 e. The predicted octanol–water partition coefficient (Wildman–Crippen LogP) is 3.89. The Balaban J connectivity index is 1.98. The van der Waals surface area contributed by atoms with Crippen molar-refractivity contribution in [2.75, 3.05) is 0 Å². The minimum Gasteiger partial charge on any atom is -0.419 e. The predicted molar refractivity (Wildman–Crippen MR) is 96.5 cm³/mol. The minimum absolute atomic E-state index is 0.158. The molecule has 2 aromatic heterocycles. The van der Waals surface area contributed by atoms with Gasteiger partial charge in [0.2, 0.25) is 11.8 Å². The molecule has 9 heteroatoms. The summed E-state index contributed by atoms with van der Waals surface area (Å²) >= 11 is 5.72. The highest BCUT2D eigenvalue weighted by molar-refractivity contribution is 7.86. The average molecular weight is 394 g/mol. The van der Waals surface area contributed by atoms with E-state index in [0.29, 0.717) is 11.5 Å². The summed E-state index contributed by atoms with van der Waals surface area (Å²) in [6, 6.07) is 10.4. The van der Waals surface area contributed by atoms with Gasteiger partial charge in [-0.1, -0.05) is 43.6 Å². The number of nitrogens with zero attached hydrogens (tertiary/aromatic N) is 3. The first-order chi connectivity index (χ1) is 12.3. The number of halogens is 1. The Morgan fingerprint density at radius 2 is 1.69 bits per heavy atom. The molecule has 1 atom stereocenters. The van der Waals surface area contributed by atoms with Crippen LogP contribution >= 0.6 is 11.6 Å². The Kier molecular flexibility index (Phi) is 5.08. The summed E-state index contributed by atoms with van der Waals surface area (Å²) in [5.41, 5.74) is 1.97. The lowest BCUT2D eigenvalue weighted by atomic mass is 10.0. The molecule has 0 aliphatic carbocycles. The minimum atomic E-state index is -4.55. The van der Waals surface area contributed by atoms with Crippen LogP contribution in [0.5, 0.6) is 0 Å². The number of rotatable bonds is 5. The number of pyridine rings is 1. The van der Waals surface area contributed by atoms with Crippen LogP contribution in [0.2, 0.25) is 5.15 Å². The Labute approximate surface area is 155 Å². The van der Waals surface area contributed by atoms with Crippen molar-refractivity contribution in [1.82, 2.24) is 15.2 Å². The maximum Gasteiger partial charge on any atom is 0.281 e. The van der Waals surface area contributed by atoms with Crippen LogP contribution in [-0.2, 0) is 10.1 Å². The van der Waals surface area contributed by atoms with Gasteiger partial charge in [0, 0.05) is 17.3 Å². The quantitative estimate of drug-likeness (QED) is 0.517. The van der Waals surface area contributed by atoms with Gasteiger partial charge in [0.1, 0.15) is 5.15 Å². The third-order valence-corrected chi connectivity index (χ3v) is 5.13. The molecule has 0 spiro atoms. The SMILES string of the molecule is CC(C)c1ccc(-c2nnc(C(c3ccc(Cl)nc3)S(=O)(=O)O)o2)cc1. The van der Waals surface area contributed by atoms with Gasteiger partial charge in [0.15, 0.2) is 5.25 Å². The molecule has 2 heterocycles. The lowest BCUT2D eigenvalue weighted by Crippen LogP contribution is -2.14. The van der Waals surface area contributed by atoms with E-state index in [0.717, 1.165) is 5.56 Å². The van der Waals surface area contributed by atoms with Crippen LogP contribution in [0.25, 0.3) is 11.5 Å². The van der Waals surface area contributed by atoms with Gasteiger partial charge in [0.05, 0.1) is 0 Å². The molecule has 1 unspecified atom stereocenters. The summed E-state index contributed by atoms with van der Waals surface area (Å²) in [6.07, 6.45) is 1.24. The maximum atomic E-state index is 11.8. The number of benzene rings is 1. The molecule has 26 heavy (non-hydrogen) atoms. The fourth-order valence-corrected chi connectivity index (χ4v) is 3.40. The second-order valence-electron chi connectivity index (χ2n) is 6.03. The van der Waals surface area contributed by atoms with Crippen molar-refractivity contribution in [2.24, 2.45) is 0 Å². The first-order valence-corrected chi connectivity index (χ1v) is 9.65. The second-order valence-corrected chi connectivity index (χ2v) is 7.92. The van der Waals surface area contributed by atoms with E-state index in [4.69, 9.17) is 16.0 Å². The van der Waals surface area contributed by atoms with Gasteiger partial charge in [-0.05, 0) is 29.7 Å². The number of hydrogen-bond donors (Lipinski definition) is 1. The molecule has 136 valence electrons. The Hall–Kier alpha value is -2.29. The van der Waals surface area contributed by atoms with Gasteiger partial charge in [0.25, 0.3) is 10.1 Å². The van der Waals surface area contributed by atoms with E-state index in [2.05, 4.69) is 29.0 Å². The van der Waals surface area contributed by atoms with Gasteiger partial charge in [-0.15, -0.1) is 10.2 Å². The molecule has 0 bridgehead atoms. The zero-order chi connectivity index (χ0) is 18.9. The summed E-state index contributed by atoms with van der Waals surface area (Å²) in [5, 5.41) is 6.35. The van der Waals surface area contributed by atoms with E-state index in [1.165, 1.54) is 18.3 Å². The zero-order valence-electron chi connectivity index (χ0n) is 14.0. The fourth-order valence-electron chi connectivity index (χ4n) is 2.45. The van der Waals surface area contributed by atoms with Gasteiger partial charge < -0.3 is 4.42 Å². The van der Waals surface area contributed by atoms with Gasteiger partial charge in [-0.25, -0.2) is 4.98 Å². The Bertz CT molecular complexity index is 999. The van der Waals surface area contributed by atoms with Crippen LogP contribution < -0.4 is 0 Å². The van der Waals surface area contributed by atoms with Gasteiger partial charge in [-0.3, -0.25) is 4.55 Å². The van der Waals surface area contributed by atoms with Crippen LogP contribution in [0.15, 0.2) is 47.0 Å².